The average Bonchev–Trinajstić information content (AvgIpc) is 3.77. The molecule has 0 aliphatic rings. The fraction of sp³-hybridized carbons (Fsp3) is 0. The van der Waals surface area contributed by atoms with Crippen molar-refractivity contribution in [2.75, 3.05) is 0 Å². The van der Waals surface area contributed by atoms with Gasteiger partial charge in [0.1, 0.15) is 0 Å². The molecule has 0 saturated carbocycles. The van der Waals surface area contributed by atoms with Gasteiger partial charge in [0, 0.05) is 38.4 Å². The third-order valence-electron chi connectivity index (χ3n) is 10.6. The third kappa shape index (κ3) is 4.69. The van der Waals surface area contributed by atoms with Gasteiger partial charge in [0.05, 0.1) is 22.1 Å². The maximum absolute atomic E-state index is 5.36. The van der Waals surface area contributed by atoms with E-state index in [0.29, 0.717) is 17.6 Å². The Hall–Kier alpha value is -7.37. The second-order valence-corrected chi connectivity index (χ2v) is 13.6. The summed E-state index contributed by atoms with van der Waals surface area (Å²) in [6, 6.07) is 66.1. The topological polar surface area (TPSA) is 48.5 Å². The highest BCUT2D eigenvalue weighted by Crippen LogP contribution is 2.40. The first-order valence-electron chi connectivity index (χ1n) is 18.2. The van der Waals surface area contributed by atoms with E-state index in [9.17, 15) is 0 Å². The van der Waals surface area contributed by atoms with Crippen LogP contribution in [0.1, 0.15) is 0 Å². The summed E-state index contributed by atoms with van der Waals surface area (Å²) < 4.78 is 4.60. The fourth-order valence-corrected chi connectivity index (χ4v) is 8.18. The molecule has 0 unspecified atom stereocenters. The minimum Gasteiger partial charge on any atom is -0.309 e. The summed E-state index contributed by atoms with van der Waals surface area (Å²) in [6.45, 7) is 0. The highest BCUT2D eigenvalue weighted by atomic mass is 15.2. The second-order valence-electron chi connectivity index (χ2n) is 13.6. The zero-order valence-corrected chi connectivity index (χ0v) is 29.1. The number of hydrogen-bond acceptors (Lipinski definition) is 3. The Morgan fingerprint density at radius 3 is 1.67 bits per heavy atom. The van der Waals surface area contributed by atoms with Gasteiger partial charge in [0.25, 0.3) is 0 Å². The monoisotopic (exact) mass is 689 g/mol. The molecule has 0 bridgehead atoms. The quantitative estimate of drug-likeness (QED) is 0.181. The number of para-hydroxylation sites is 2. The minimum absolute atomic E-state index is 0.566. The number of nitrogens with zero attached hydrogens (tertiary/aromatic N) is 5. The van der Waals surface area contributed by atoms with E-state index in [2.05, 4.69) is 173 Å². The molecule has 0 radical (unpaired) electrons. The lowest BCUT2D eigenvalue weighted by molar-refractivity contribution is 0.953. The van der Waals surface area contributed by atoms with Crippen molar-refractivity contribution in [2.24, 2.45) is 0 Å². The van der Waals surface area contributed by atoms with E-state index in [4.69, 9.17) is 15.0 Å². The highest BCUT2D eigenvalue weighted by molar-refractivity contribution is 6.21. The van der Waals surface area contributed by atoms with Gasteiger partial charge in [-0.25, -0.2) is 4.98 Å². The van der Waals surface area contributed by atoms with Gasteiger partial charge in [-0.3, -0.25) is 4.57 Å². The molecular weight excluding hydrogens is 659 g/mol. The van der Waals surface area contributed by atoms with Crippen LogP contribution >= 0.6 is 0 Å². The molecule has 0 atom stereocenters. The predicted octanol–water partition coefficient (Wildman–Crippen LogP) is 12.2. The van der Waals surface area contributed by atoms with Gasteiger partial charge < -0.3 is 4.57 Å². The number of benzene rings is 8. The van der Waals surface area contributed by atoms with Crippen molar-refractivity contribution in [3.63, 3.8) is 0 Å². The molecule has 54 heavy (non-hydrogen) atoms. The molecule has 0 fully saturated rings. The molecule has 0 aliphatic heterocycles. The Labute approximate surface area is 311 Å². The molecule has 5 nitrogen and oxygen atoms in total. The van der Waals surface area contributed by atoms with Crippen molar-refractivity contribution < 1.29 is 0 Å². The van der Waals surface area contributed by atoms with E-state index < -0.39 is 0 Å². The van der Waals surface area contributed by atoms with Crippen molar-refractivity contribution in [3.05, 3.63) is 188 Å². The van der Waals surface area contributed by atoms with Gasteiger partial charge in [0.15, 0.2) is 11.6 Å². The molecule has 11 rings (SSSR count). The van der Waals surface area contributed by atoms with E-state index in [-0.39, 0.29) is 0 Å². The number of fused-ring (bicyclic) bond motifs is 8. The van der Waals surface area contributed by atoms with Crippen LogP contribution in [0.5, 0.6) is 0 Å². The zero-order chi connectivity index (χ0) is 35.6. The largest absolute Gasteiger partial charge is 0.309 e. The van der Waals surface area contributed by atoms with Gasteiger partial charge in [-0.05, 0) is 52.2 Å². The Balaban J connectivity index is 1.25. The van der Waals surface area contributed by atoms with E-state index in [1.807, 2.05) is 24.3 Å². The molecule has 3 heterocycles. The van der Waals surface area contributed by atoms with Crippen LogP contribution in [0, 0.1) is 0 Å². The first-order chi connectivity index (χ1) is 26.8. The Kier molecular flexibility index (Phi) is 6.79. The van der Waals surface area contributed by atoms with Crippen molar-refractivity contribution in [1.29, 1.82) is 0 Å². The van der Waals surface area contributed by atoms with E-state index in [0.717, 1.165) is 55.4 Å². The molecule has 0 amide bonds. The Morgan fingerprint density at radius 1 is 0.333 bits per heavy atom. The standard InChI is InChI=1S/C49H31N5/c1-3-15-32(16-4-1)36-20-9-10-24-40(36)48-50-47(34-18-5-2-6-19-34)51-49(52-48)54-44-30-27-33-17-7-8-21-37(33)46(44)41-29-28-35(31-45(41)54)53-42-25-13-11-22-38(42)39-23-12-14-26-43(39)53/h1-31H. The van der Waals surface area contributed by atoms with Gasteiger partial charge in [-0.1, -0.05) is 158 Å². The van der Waals surface area contributed by atoms with Crippen LogP contribution < -0.4 is 0 Å². The van der Waals surface area contributed by atoms with Gasteiger partial charge in [-0.15, -0.1) is 0 Å². The SMILES string of the molecule is c1ccc(-c2nc(-c3ccccc3-c3ccccc3)nc(-n3c4cc(-n5c6ccccc6c6ccccc65)ccc4c4c5ccccc5ccc43)n2)cc1. The molecule has 11 aromatic rings. The summed E-state index contributed by atoms with van der Waals surface area (Å²) in [6.07, 6.45) is 0. The fourth-order valence-electron chi connectivity index (χ4n) is 8.18. The Bertz CT molecular complexity index is 3160. The van der Waals surface area contributed by atoms with Crippen LogP contribution in [0.4, 0.5) is 0 Å². The van der Waals surface area contributed by atoms with E-state index in [1.165, 1.54) is 26.9 Å². The van der Waals surface area contributed by atoms with Crippen LogP contribution in [0.15, 0.2) is 188 Å². The molecular formula is C49H31N5. The van der Waals surface area contributed by atoms with Crippen molar-refractivity contribution in [2.45, 2.75) is 0 Å². The average molecular weight is 690 g/mol. The van der Waals surface area contributed by atoms with E-state index in [1.54, 1.807) is 0 Å². The van der Waals surface area contributed by atoms with Crippen LogP contribution in [0.3, 0.4) is 0 Å². The minimum atomic E-state index is 0.566. The summed E-state index contributed by atoms with van der Waals surface area (Å²) in [5.41, 5.74) is 9.50. The van der Waals surface area contributed by atoms with Crippen LogP contribution in [-0.2, 0) is 0 Å². The number of aromatic nitrogens is 5. The smallest absolute Gasteiger partial charge is 0.238 e. The Morgan fingerprint density at radius 2 is 0.926 bits per heavy atom. The molecule has 3 aromatic heterocycles. The van der Waals surface area contributed by atoms with Gasteiger partial charge in [-0.2, -0.15) is 9.97 Å². The highest BCUT2D eigenvalue weighted by Gasteiger charge is 2.22. The number of rotatable bonds is 5. The lowest BCUT2D eigenvalue weighted by atomic mass is 9.99. The van der Waals surface area contributed by atoms with Gasteiger partial charge >= 0.3 is 0 Å². The summed E-state index contributed by atoms with van der Waals surface area (Å²) in [5.74, 6) is 1.80. The molecule has 0 N–H and O–H groups in total. The van der Waals surface area contributed by atoms with Crippen molar-refractivity contribution >= 4 is 54.4 Å². The maximum Gasteiger partial charge on any atom is 0.238 e. The molecule has 0 saturated heterocycles. The molecule has 252 valence electrons. The first kappa shape index (κ1) is 30.3. The summed E-state index contributed by atoms with van der Waals surface area (Å²) in [7, 11) is 0. The predicted molar refractivity (Wildman–Crippen MR) is 222 cm³/mol. The lowest BCUT2D eigenvalue weighted by Crippen LogP contribution is -2.07. The van der Waals surface area contributed by atoms with Crippen molar-refractivity contribution in [1.82, 2.24) is 24.1 Å². The molecule has 8 aromatic carbocycles. The lowest BCUT2D eigenvalue weighted by Gasteiger charge is -2.14. The van der Waals surface area contributed by atoms with Gasteiger partial charge in [0.2, 0.25) is 5.95 Å². The van der Waals surface area contributed by atoms with Crippen LogP contribution in [-0.4, -0.2) is 24.1 Å². The van der Waals surface area contributed by atoms with Crippen molar-refractivity contribution in [3.8, 4) is 45.5 Å². The summed E-state index contributed by atoms with van der Waals surface area (Å²) >= 11 is 0. The van der Waals surface area contributed by atoms with E-state index >= 15 is 0 Å². The van der Waals surface area contributed by atoms with Crippen LogP contribution in [0.2, 0.25) is 0 Å². The normalized spacial score (nSPS) is 11.7. The number of hydrogen-bond donors (Lipinski definition) is 0. The maximum atomic E-state index is 5.36. The summed E-state index contributed by atoms with van der Waals surface area (Å²) in [5, 5.41) is 7.14. The first-order valence-corrected chi connectivity index (χ1v) is 18.2. The second kappa shape index (κ2) is 12.1. The summed E-state index contributed by atoms with van der Waals surface area (Å²) in [4.78, 5) is 15.8. The third-order valence-corrected chi connectivity index (χ3v) is 10.6. The van der Waals surface area contributed by atoms with Crippen LogP contribution in [0.25, 0.3) is 99.9 Å². The molecule has 5 heteroatoms. The molecule has 0 aliphatic carbocycles. The molecule has 0 spiro atoms. The zero-order valence-electron chi connectivity index (χ0n) is 29.1.